The van der Waals surface area contributed by atoms with Gasteiger partial charge < -0.3 is 0 Å². The molecular weight excluding hydrogens is 118 g/mol. The van der Waals surface area contributed by atoms with Crippen LogP contribution in [0.4, 0.5) is 0 Å². The number of halogens is 1. The molecule has 1 radical (unpaired) electrons. The molecule has 0 aliphatic rings. The van der Waals surface area contributed by atoms with Crippen LogP contribution >= 0.6 is 11.5 Å². The van der Waals surface area contributed by atoms with Gasteiger partial charge in [-0.2, -0.15) is 0 Å². The highest BCUT2D eigenvalue weighted by atomic mass is 35.5. The van der Waals surface area contributed by atoms with Crippen molar-refractivity contribution in [3.05, 3.63) is 0 Å². The summed E-state index contributed by atoms with van der Waals surface area (Å²) in [6.07, 6.45) is 2.38. The summed E-state index contributed by atoms with van der Waals surface area (Å²) in [6, 6.07) is 0. The second kappa shape index (κ2) is 3.39. The lowest BCUT2D eigenvalue weighted by Gasteiger charge is -2.17. The molecule has 2 heteroatoms. The van der Waals surface area contributed by atoms with Crippen molar-refractivity contribution in [3.63, 3.8) is 0 Å². The van der Waals surface area contributed by atoms with Gasteiger partial charge in [-0.15, -0.1) is 0 Å². The molecule has 0 aromatic heterocycles. The molecule has 0 unspecified atom stereocenters. The van der Waals surface area contributed by atoms with Crippen LogP contribution in [0.15, 0.2) is 0 Å². The van der Waals surface area contributed by atoms with Crippen LogP contribution in [0.1, 0.15) is 33.6 Å². The molecule has 0 amide bonds. The van der Waals surface area contributed by atoms with E-state index >= 15 is 0 Å². The van der Waals surface area contributed by atoms with Gasteiger partial charge in [-0.05, 0) is 5.31 Å². The van der Waals surface area contributed by atoms with Crippen molar-refractivity contribution in [2.24, 2.45) is 0 Å². The van der Waals surface area contributed by atoms with Crippen molar-refractivity contribution < 1.29 is 0 Å². The summed E-state index contributed by atoms with van der Waals surface area (Å²) in [5, 5.41) is 0.232. The van der Waals surface area contributed by atoms with Crippen LogP contribution in [0.5, 0.6) is 0 Å². The lowest BCUT2D eigenvalue weighted by molar-refractivity contribution is 0.598. The third-order valence-electron chi connectivity index (χ3n) is 1.19. The van der Waals surface area contributed by atoms with Crippen molar-refractivity contribution >= 4 is 18.2 Å². The molecule has 0 atom stereocenters. The second-order valence-corrected chi connectivity index (χ2v) is 3.07. The van der Waals surface area contributed by atoms with Crippen LogP contribution in [0.25, 0.3) is 0 Å². The van der Waals surface area contributed by atoms with E-state index in [4.69, 9.17) is 11.5 Å². The Morgan fingerprint density at radius 1 is 1.50 bits per heavy atom. The summed E-state index contributed by atoms with van der Waals surface area (Å²) in [4.78, 5) is 0. The molecule has 0 N–H and O–H groups in total. The van der Waals surface area contributed by atoms with Crippen LogP contribution in [-0.4, -0.2) is 6.69 Å². The number of hydrogen-bond acceptors (Lipinski definition) is 0. The SMILES string of the molecule is CCCC(C)(C)[B]Cl. The largest absolute Gasteiger partial charge is 0.244 e. The Kier molecular flexibility index (Phi) is 3.54. The summed E-state index contributed by atoms with van der Waals surface area (Å²) in [6.45, 7) is 8.20. The van der Waals surface area contributed by atoms with Crippen LogP contribution in [0.2, 0.25) is 5.31 Å². The molecule has 0 saturated heterocycles. The molecule has 0 nitrogen and oxygen atoms in total. The molecule has 0 rings (SSSR count). The van der Waals surface area contributed by atoms with Gasteiger partial charge in [0.05, 0.1) is 0 Å². The number of rotatable bonds is 3. The molecule has 0 aromatic carbocycles. The van der Waals surface area contributed by atoms with Crippen LogP contribution in [0, 0.1) is 0 Å². The van der Waals surface area contributed by atoms with Crippen molar-refractivity contribution in [2.75, 3.05) is 0 Å². The van der Waals surface area contributed by atoms with E-state index in [1.165, 1.54) is 12.8 Å². The van der Waals surface area contributed by atoms with Gasteiger partial charge in [0.1, 0.15) is 0 Å². The Balaban J connectivity index is 3.37. The topological polar surface area (TPSA) is 0 Å². The first kappa shape index (κ1) is 8.35. The molecule has 0 saturated carbocycles. The third-order valence-corrected chi connectivity index (χ3v) is 1.78. The van der Waals surface area contributed by atoms with Crippen LogP contribution in [-0.2, 0) is 0 Å². The van der Waals surface area contributed by atoms with E-state index in [2.05, 4.69) is 20.8 Å². The first-order chi connectivity index (χ1) is 3.62. The van der Waals surface area contributed by atoms with Crippen molar-refractivity contribution in [2.45, 2.75) is 38.9 Å². The smallest absolute Gasteiger partial charge is 0.203 e. The van der Waals surface area contributed by atoms with Gasteiger partial charge in [0.25, 0.3) is 0 Å². The maximum absolute atomic E-state index is 5.55. The van der Waals surface area contributed by atoms with E-state index in [0.29, 0.717) is 0 Å². The van der Waals surface area contributed by atoms with E-state index in [-0.39, 0.29) is 5.31 Å². The second-order valence-electron chi connectivity index (χ2n) is 2.85. The minimum Gasteiger partial charge on any atom is -0.203 e. The van der Waals surface area contributed by atoms with Gasteiger partial charge in [-0.1, -0.05) is 33.6 Å². The highest BCUT2D eigenvalue weighted by Gasteiger charge is 2.15. The van der Waals surface area contributed by atoms with Gasteiger partial charge >= 0.3 is 0 Å². The van der Waals surface area contributed by atoms with E-state index in [9.17, 15) is 0 Å². The maximum atomic E-state index is 5.55. The summed E-state index contributed by atoms with van der Waals surface area (Å²) >= 11 is 5.55. The summed E-state index contributed by atoms with van der Waals surface area (Å²) < 4.78 is 0. The van der Waals surface area contributed by atoms with Gasteiger partial charge in [-0.3, -0.25) is 0 Å². The van der Waals surface area contributed by atoms with Crippen LogP contribution in [0.3, 0.4) is 0 Å². The van der Waals surface area contributed by atoms with Gasteiger partial charge in [0.2, 0.25) is 6.69 Å². The zero-order valence-corrected chi connectivity index (χ0v) is 6.63. The maximum Gasteiger partial charge on any atom is 0.244 e. The fraction of sp³-hybridized carbons (Fsp3) is 1.00. The predicted molar refractivity (Wildman–Crippen MR) is 40.6 cm³/mol. The molecule has 8 heavy (non-hydrogen) atoms. The first-order valence-corrected chi connectivity index (χ1v) is 3.50. The Morgan fingerprint density at radius 2 is 2.00 bits per heavy atom. The Bertz CT molecular complexity index is 61.5. The lowest BCUT2D eigenvalue weighted by Crippen LogP contribution is -2.06. The fourth-order valence-electron chi connectivity index (χ4n) is 0.699. The average molecular weight is 131 g/mol. The monoisotopic (exact) mass is 131 g/mol. The minimum atomic E-state index is 0.232. The van der Waals surface area contributed by atoms with Crippen molar-refractivity contribution in [1.29, 1.82) is 0 Å². The molecule has 0 aliphatic heterocycles. The molecule has 0 bridgehead atoms. The molecular formula is C6H13BCl. The Morgan fingerprint density at radius 3 is 2.12 bits per heavy atom. The van der Waals surface area contributed by atoms with E-state index in [0.717, 1.165) is 0 Å². The predicted octanol–water partition coefficient (Wildman–Crippen LogP) is 2.84. The molecule has 0 heterocycles. The quantitative estimate of drug-likeness (QED) is 0.517. The lowest BCUT2D eigenvalue weighted by atomic mass is 9.68. The van der Waals surface area contributed by atoms with Gasteiger partial charge in [-0.25, -0.2) is 11.5 Å². The molecule has 0 fully saturated rings. The molecule has 0 aromatic rings. The first-order valence-electron chi connectivity index (χ1n) is 3.07. The zero-order valence-electron chi connectivity index (χ0n) is 5.87. The highest BCUT2D eigenvalue weighted by molar-refractivity contribution is 6.95. The highest BCUT2D eigenvalue weighted by Crippen LogP contribution is 2.29. The standard InChI is InChI=1S/C6H13BCl/c1-4-5-6(2,3)7-8/h4-5H2,1-3H3. The van der Waals surface area contributed by atoms with Crippen molar-refractivity contribution in [3.8, 4) is 0 Å². The summed E-state index contributed by atoms with van der Waals surface area (Å²) in [5.74, 6) is 0. The fourth-order valence-corrected chi connectivity index (χ4v) is 0.808. The van der Waals surface area contributed by atoms with E-state index < -0.39 is 0 Å². The van der Waals surface area contributed by atoms with Gasteiger partial charge in [0, 0.05) is 0 Å². The van der Waals surface area contributed by atoms with E-state index in [1.54, 1.807) is 6.69 Å². The average Bonchev–Trinajstić information content (AvgIpc) is 1.67. The van der Waals surface area contributed by atoms with Crippen LogP contribution < -0.4 is 0 Å². The molecule has 47 valence electrons. The van der Waals surface area contributed by atoms with Gasteiger partial charge in [0.15, 0.2) is 0 Å². The summed E-state index contributed by atoms with van der Waals surface area (Å²) in [5.41, 5.74) is 0. The molecule has 0 spiro atoms. The minimum absolute atomic E-state index is 0.232. The third kappa shape index (κ3) is 3.37. The molecule has 0 aliphatic carbocycles. The summed E-state index contributed by atoms with van der Waals surface area (Å²) in [7, 11) is 0. The number of hydrogen-bond donors (Lipinski definition) is 0. The normalized spacial score (nSPS) is 11.5. The van der Waals surface area contributed by atoms with Crippen molar-refractivity contribution in [1.82, 2.24) is 0 Å². The Hall–Kier alpha value is 0.355. The Labute approximate surface area is 57.8 Å². The zero-order chi connectivity index (χ0) is 6.62. The van der Waals surface area contributed by atoms with E-state index in [1.807, 2.05) is 0 Å².